The number of aryl methyl sites for hydroxylation is 1. The molecule has 1 aromatic carbocycles. The van der Waals surface area contributed by atoms with Gasteiger partial charge in [-0.25, -0.2) is 9.07 Å². The third kappa shape index (κ3) is 2.37. The molecular formula is C11H12BrFN4. The van der Waals surface area contributed by atoms with Gasteiger partial charge in [0.15, 0.2) is 0 Å². The second kappa shape index (κ2) is 4.93. The fraction of sp³-hybridized carbons (Fsp3) is 0.273. The second-order valence-electron chi connectivity index (χ2n) is 3.72. The molecule has 0 atom stereocenters. The molecule has 1 heterocycles. The molecule has 0 radical (unpaired) electrons. The lowest BCUT2D eigenvalue weighted by Gasteiger charge is -2.10. The van der Waals surface area contributed by atoms with Crippen LogP contribution in [0.3, 0.4) is 0 Å². The molecule has 2 rings (SSSR count). The zero-order valence-corrected chi connectivity index (χ0v) is 11.1. The van der Waals surface area contributed by atoms with Crippen molar-refractivity contribution in [1.82, 2.24) is 20.3 Å². The minimum Gasteiger partial charge on any atom is -0.314 e. The van der Waals surface area contributed by atoms with Gasteiger partial charge < -0.3 is 5.32 Å². The molecular weight excluding hydrogens is 287 g/mol. The second-order valence-corrected chi connectivity index (χ2v) is 4.57. The first-order valence-electron chi connectivity index (χ1n) is 5.13. The van der Waals surface area contributed by atoms with E-state index in [2.05, 4.69) is 31.6 Å². The van der Waals surface area contributed by atoms with Gasteiger partial charge in [0.2, 0.25) is 0 Å². The predicted octanol–water partition coefficient (Wildman–Crippen LogP) is 2.20. The number of halogens is 2. The van der Waals surface area contributed by atoms with Gasteiger partial charge in [-0.15, -0.1) is 5.10 Å². The van der Waals surface area contributed by atoms with Gasteiger partial charge in [-0.1, -0.05) is 5.21 Å². The van der Waals surface area contributed by atoms with Crippen LogP contribution in [0.4, 0.5) is 4.39 Å². The van der Waals surface area contributed by atoms with Crippen molar-refractivity contribution in [1.29, 1.82) is 0 Å². The Kier molecular flexibility index (Phi) is 3.54. The lowest BCUT2D eigenvalue weighted by Crippen LogP contribution is -2.12. The summed E-state index contributed by atoms with van der Waals surface area (Å²) in [6.45, 7) is 2.50. The van der Waals surface area contributed by atoms with Crippen molar-refractivity contribution in [3.63, 3.8) is 0 Å². The van der Waals surface area contributed by atoms with Gasteiger partial charge in [-0.05, 0) is 47.6 Å². The van der Waals surface area contributed by atoms with Gasteiger partial charge >= 0.3 is 0 Å². The van der Waals surface area contributed by atoms with Crippen LogP contribution in [0.25, 0.3) is 5.69 Å². The summed E-state index contributed by atoms with van der Waals surface area (Å²) in [6.07, 6.45) is 1.69. The molecule has 0 spiro atoms. The SMILES string of the molecule is CNCc1cnnn1-c1cc(Br)c(F)cc1C. The molecule has 17 heavy (non-hydrogen) atoms. The minimum atomic E-state index is -0.276. The van der Waals surface area contributed by atoms with Crippen LogP contribution in [0.2, 0.25) is 0 Å². The van der Waals surface area contributed by atoms with Crippen LogP contribution in [-0.4, -0.2) is 22.0 Å². The van der Waals surface area contributed by atoms with Crippen LogP contribution in [0.1, 0.15) is 11.3 Å². The zero-order valence-electron chi connectivity index (χ0n) is 9.54. The van der Waals surface area contributed by atoms with Gasteiger partial charge in [0.05, 0.1) is 22.1 Å². The highest BCUT2D eigenvalue weighted by Gasteiger charge is 2.11. The van der Waals surface area contributed by atoms with E-state index in [1.165, 1.54) is 6.07 Å². The van der Waals surface area contributed by atoms with Crippen molar-refractivity contribution < 1.29 is 4.39 Å². The molecule has 0 aliphatic carbocycles. The largest absolute Gasteiger partial charge is 0.314 e. The summed E-state index contributed by atoms with van der Waals surface area (Å²) in [5.41, 5.74) is 2.56. The van der Waals surface area contributed by atoms with Crippen molar-refractivity contribution in [2.24, 2.45) is 0 Å². The van der Waals surface area contributed by atoms with Gasteiger partial charge in [-0.2, -0.15) is 0 Å². The van der Waals surface area contributed by atoms with Crippen LogP contribution in [0.15, 0.2) is 22.8 Å². The Bertz CT molecular complexity index is 538. The minimum absolute atomic E-state index is 0.276. The normalized spacial score (nSPS) is 10.8. The molecule has 0 unspecified atom stereocenters. The molecule has 6 heteroatoms. The van der Waals surface area contributed by atoms with E-state index < -0.39 is 0 Å². The summed E-state index contributed by atoms with van der Waals surface area (Å²) in [5.74, 6) is -0.276. The summed E-state index contributed by atoms with van der Waals surface area (Å²) in [7, 11) is 1.85. The first-order chi connectivity index (χ1) is 8.13. The Morgan fingerprint density at radius 2 is 2.24 bits per heavy atom. The molecule has 1 aromatic heterocycles. The van der Waals surface area contributed by atoms with Gasteiger partial charge in [0.25, 0.3) is 0 Å². The van der Waals surface area contributed by atoms with Crippen LogP contribution in [0.5, 0.6) is 0 Å². The number of nitrogens with one attached hydrogen (secondary N) is 1. The lowest BCUT2D eigenvalue weighted by molar-refractivity contribution is 0.617. The summed E-state index contributed by atoms with van der Waals surface area (Å²) >= 11 is 3.18. The molecule has 0 bridgehead atoms. The molecule has 0 amide bonds. The Morgan fingerprint density at radius 1 is 1.47 bits per heavy atom. The fourth-order valence-electron chi connectivity index (χ4n) is 1.62. The molecule has 90 valence electrons. The molecule has 0 aliphatic rings. The highest BCUT2D eigenvalue weighted by atomic mass is 79.9. The average Bonchev–Trinajstić information content (AvgIpc) is 2.72. The molecule has 0 aliphatic heterocycles. The standard InChI is InChI=1S/C11H12BrFN4/c1-7-3-10(13)9(12)4-11(7)17-8(5-14-2)6-15-16-17/h3-4,6,14H,5H2,1-2H3. The maximum Gasteiger partial charge on any atom is 0.137 e. The number of rotatable bonds is 3. The number of hydrogen-bond donors (Lipinski definition) is 1. The van der Waals surface area contributed by atoms with E-state index in [-0.39, 0.29) is 5.82 Å². The molecule has 1 N–H and O–H groups in total. The summed E-state index contributed by atoms with van der Waals surface area (Å²) in [4.78, 5) is 0. The Morgan fingerprint density at radius 3 is 2.94 bits per heavy atom. The Balaban J connectivity index is 2.52. The molecule has 4 nitrogen and oxygen atoms in total. The van der Waals surface area contributed by atoms with E-state index in [1.807, 2.05) is 14.0 Å². The van der Waals surface area contributed by atoms with Crippen LogP contribution < -0.4 is 5.32 Å². The first-order valence-corrected chi connectivity index (χ1v) is 5.93. The lowest BCUT2D eigenvalue weighted by atomic mass is 10.2. The van der Waals surface area contributed by atoms with E-state index in [0.29, 0.717) is 11.0 Å². The van der Waals surface area contributed by atoms with Crippen molar-refractivity contribution in [3.8, 4) is 5.69 Å². The van der Waals surface area contributed by atoms with E-state index in [9.17, 15) is 4.39 Å². The Hall–Kier alpha value is -1.27. The van der Waals surface area contributed by atoms with Gasteiger partial charge in [-0.3, -0.25) is 0 Å². The quantitative estimate of drug-likeness (QED) is 0.945. The van der Waals surface area contributed by atoms with Gasteiger partial charge in [0.1, 0.15) is 5.82 Å². The van der Waals surface area contributed by atoms with E-state index in [0.717, 1.165) is 16.9 Å². The maximum atomic E-state index is 13.3. The van der Waals surface area contributed by atoms with E-state index >= 15 is 0 Å². The summed E-state index contributed by atoms with van der Waals surface area (Å²) in [6, 6.07) is 3.18. The van der Waals surface area contributed by atoms with Crippen LogP contribution >= 0.6 is 15.9 Å². The van der Waals surface area contributed by atoms with Crippen LogP contribution in [0, 0.1) is 12.7 Å². The topological polar surface area (TPSA) is 42.7 Å². The third-order valence-electron chi connectivity index (χ3n) is 2.44. The monoisotopic (exact) mass is 298 g/mol. The zero-order chi connectivity index (χ0) is 12.4. The number of hydrogen-bond acceptors (Lipinski definition) is 3. The van der Waals surface area contributed by atoms with Crippen molar-refractivity contribution >= 4 is 15.9 Å². The maximum absolute atomic E-state index is 13.3. The van der Waals surface area contributed by atoms with Crippen molar-refractivity contribution in [2.45, 2.75) is 13.5 Å². The number of benzene rings is 1. The van der Waals surface area contributed by atoms with Crippen molar-refractivity contribution in [3.05, 3.63) is 39.9 Å². The fourth-order valence-corrected chi connectivity index (χ4v) is 1.96. The number of aromatic nitrogens is 3. The number of nitrogens with zero attached hydrogens (tertiary/aromatic N) is 3. The van der Waals surface area contributed by atoms with Crippen molar-refractivity contribution in [2.75, 3.05) is 7.05 Å². The molecule has 0 saturated heterocycles. The smallest absolute Gasteiger partial charge is 0.137 e. The third-order valence-corrected chi connectivity index (χ3v) is 3.05. The molecule has 2 aromatic rings. The summed E-state index contributed by atoms with van der Waals surface area (Å²) < 4.78 is 15.5. The first kappa shape index (κ1) is 12.2. The van der Waals surface area contributed by atoms with Gasteiger partial charge in [0, 0.05) is 6.54 Å². The van der Waals surface area contributed by atoms with E-state index in [1.54, 1.807) is 16.9 Å². The van der Waals surface area contributed by atoms with Crippen LogP contribution in [-0.2, 0) is 6.54 Å². The summed E-state index contributed by atoms with van der Waals surface area (Å²) in [5, 5.41) is 10.9. The predicted molar refractivity (Wildman–Crippen MR) is 66.5 cm³/mol. The molecule has 0 saturated carbocycles. The Labute approximate surface area is 107 Å². The highest BCUT2D eigenvalue weighted by molar-refractivity contribution is 9.10. The molecule has 0 fully saturated rings. The average molecular weight is 299 g/mol. The highest BCUT2D eigenvalue weighted by Crippen LogP contribution is 2.23. The van der Waals surface area contributed by atoms with E-state index in [4.69, 9.17) is 0 Å².